The molecule has 2 atom stereocenters. The molecule has 2 unspecified atom stereocenters. The Hall–Kier alpha value is -2.12. The number of nitrogens with zero attached hydrogens (tertiary/aromatic N) is 2. The summed E-state index contributed by atoms with van der Waals surface area (Å²) in [5, 5.41) is 12.1. The van der Waals surface area contributed by atoms with E-state index < -0.39 is 35.5 Å². The number of imide groups is 1. The van der Waals surface area contributed by atoms with Gasteiger partial charge in [-0.05, 0) is 39.0 Å². The van der Waals surface area contributed by atoms with E-state index in [9.17, 15) is 24.3 Å². The average Bonchev–Trinajstić information content (AvgIpc) is 3.12. The summed E-state index contributed by atoms with van der Waals surface area (Å²) >= 11 is 0. The van der Waals surface area contributed by atoms with Gasteiger partial charge in [-0.15, -0.1) is 0 Å². The van der Waals surface area contributed by atoms with Gasteiger partial charge in [-0.25, -0.2) is 14.5 Å². The highest BCUT2D eigenvalue weighted by molar-refractivity contribution is 6.10. The molecule has 132 valence electrons. The monoisotopic (exact) mass is 337 g/mol. The lowest BCUT2D eigenvalue weighted by atomic mass is 9.97. The van der Waals surface area contributed by atoms with Crippen LogP contribution < -0.4 is 5.32 Å². The number of nitrogens with one attached hydrogen (secondary N) is 1. The largest absolute Gasteiger partial charge is 0.480 e. The third-order valence-corrected chi connectivity index (χ3v) is 5.47. The normalized spacial score (nSPS) is 27.5. The summed E-state index contributed by atoms with van der Waals surface area (Å²) in [6, 6.07) is -2.42. The van der Waals surface area contributed by atoms with Crippen LogP contribution in [0.15, 0.2) is 0 Å². The van der Waals surface area contributed by atoms with Crippen LogP contribution in [0.2, 0.25) is 0 Å². The van der Waals surface area contributed by atoms with E-state index in [-0.39, 0.29) is 5.91 Å². The van der Waals surface area contributed by atoms with Crippen molar-refractivity contribution in [1.82, 2.24) is 15.1 Å². The Morgan fingerprint density at radius 1 is 1.21 bits per heavy atom. The minimum absolute atomic E-state index is 0.342. The molecule has 3 rings (SSSR count). The molecule has 1 aliphatic carbocycles. The fourth-order valence-electron chi connectivity index (χ4n) is 4.11. The zero-order chi connectivity index (χ0) is 17.5. The fourth-order valence-corrected chi connectivity index (χ4v) is 4.11. The van der Waals surface area contributed by atoms with E-state index in [0.29, 0.717) is 25.8 Å². The molecule has 3 fully saturated rings. The molecule has 2 heterocycles. The molecule has 1 spiro atoms. The van der Waals surface area contributed by atoms with Gasteiger partial charge in [0.25, 0.3) is 5.91 Å². The van der Waals surface area contributed by atoms with E-state index in [1.165, 1.54) is 11.8 Å². The first-order valence-corrected chi connectivity index (χ1v) is 8.56. The van der Waals surface area contributed by atoms with Crippen LogP contribution in [-0.2, 0) is 14.4 Å². The second-order valence-corrected chi connectivity index (χ2v) is 6.95. The molecule has 8 nitrogen and oxygen atoms in total. The Bertz CT molecular complexity index is 584. The highest BCUT2D eigenvalue weighted by Crippen LogP contribution is 2.36. The van der Waals surface area contributed by atoms with Crippen LogP contribution in [0, 0.1) is 0 Å². The van der Waals surface area contributed by atoms with Crippen LogP contribution in [-0.4, -0.2) is 62.9 Å². The first-order chi connectivity index (χ1) is 11.4. The predicted molar refractivity (Wildman–Crippen MR) is 83.0 cm³/mol. The highest BCUT2D eigenvalue weighted by Gasteiger charge is 2.55. The van der Waals surface area contributed by atoms with E-state index in [2.05, 4.69) is 5.32 Å². The number of urea groups is 1. The lowest BCUT2D eigenvalue weighted by molar-refractivity contribution is -0.154. The minimum atomic E-state index is -1.04. The van der Waals surface area contributed by atoms with Gasteiger partial charge in [-0.2, -0.15) is 0 Å². The lowest BCUT2D eigenvalue weighted by Crippen LogP contribution is -2.56. The third-order valence-electron chi connectivity index (χ3n) is 5.47. The molecule has 0 radical (unpaired) electrons. The Morgan fingerprint density at radius 2 is 1.88 bits per heavy atom. The maximum atomic E-state index is 12.8. The number of amides is 4. The molecular weight excluding hydrogens is 314 g/mol. The molecule has 0 bridgehead atoms. The van der Waals surface area contributed by atoms with E-state index in [1.54, 1.807) is 0 Å². The molecular formula is C16H23N3O5. The number of carboxylic acids is 1. The van der Waals surface area contributed by atoms with Crippen LogP contribution in [0.3, 0.4) is 0 Å². The van der Waals surface area contributed by atoms with Crippen molar-refractivity contribution in [1.29, 1.82) is 0 Å². The van der Waals surface area contributed by atoms with Gasteiger partial charge in [0.2, 0.25) is 5.91 Å². The first kappa shape index (κ1) is 16.7. The number of hydrogen-bond donors (Lipinski definition) is 2. The van der Waals surface area contributed by atoms with Gasteiger partial charge in [0.1, 0.15) is 17.6 Å². The summed E-state index contributed by atoms with van der Waals surface area (Å²) in [6.07, 6.45) is 4.81. The highest BCUT2D eigenvalue weighted by atomic mass is 16.4. The van der Waals surface area contributed by atoms with Crippen molar-refractivity contribution >= 4 is 23.8 Å². The number of likely N-dealkylation sites (tertiary alicyclic amines) is 1. The SMILES string of the molecule is CC(C(=O)N1CCCCC1C(=O)O)N1C(=O)NC2(CCCC2)C1=O. The van der Waals surface area contributed by atoms with Gasteiger partial charge in [0, 0.05) is 6.54 Å². The summed E-state index contributed by atoms with van der Waals surface area (Å²) in [4.78, 5) is 51.5. The summed E-state index contributed by atoms with van der Waals surface area (Å²) in [5.74, 6) is -1.87. The molecule has 0 aromatic heterocycles. The molecule has 4 amide bonds. The van der Waals surface area contributed by atoms with Gasteiger partial charge >= 0.3 is 12.0 Å². The molecule has 0 aromatic carbocycles. The summed E-state index contributed by atoms with van der Waals surface area (Å²) in [6.45, 7) is 1.84. The zero-order valence-electron chi connectivity index (χ0n) is 13.8. The van der Waals surface area contributed by atoms with Crippen molar-refractivity contribution in [2.24, 2.45) is 0 Å². The number of carboxylic acid groups (broad SMARTS) is 1. The Labute approximate surface area is 140 Å². The number of hydrogen-bond acceptors (Lipinski definition) is 4. The van der Waals surface area contributed by atoms with E-state index >= 15 is 0 Å². The van der Waals surface area contributed by atoms with Crippen molar-refractivity contribution in [3.8, 4) is 0 Å². The number of piperidine rings is 1. The summed E-state index contributed by atoms with van der Waals surface area (Å²) < 4.78 is 0. The lowest BCUT2D eigenvalue weighted by Gasteiger charge is -2.36. The van der Waals surface area contributed by atoms with Gasteiger partial charge < -0.3 is 15.3 Å². The van der Waals surface area contributed by atoms with Crippen molar-refractivity contribution in [3.05, 3.63) is 0 Å². The number of rotatable bonds is 3. The second kappa shape index (κ2) is 6.07. The van der Waals surface area contributed by atoms with Gasteiger partial charge in [0.15, 0.2) is 0 Å². The molecule has 2 N–H and O–H groups in total. The number of aliphatic carboxylic acids is 1. The molecule has 8 heteroatoms. The van der Waals surface area contributed by atoms with E-state index in [1.807, 2.05) is 0 Å². The van der Waals surface area contributed by atoms with Gasteiger partial charge in [-0.1, -0.05) is 12.8 Å². The van der Waals surface area contributed by atoms with Crippen LogP contribution in [0.4, 0.5) is 4.79 Å². The number of carbonyl (C=O) groups excluding carboxylic acids is 3. The fraction of sp³-hybridized carbons (Fsp3) is 0.750. The van der Waals surface area contributed by atoms with Crippen molar-refractivity contribution in [2.75, 3.05) is 6.54 Å². The average molecular weight is 337 g/mol. The molecule has 3 aliphatic rings. The minimum Gasteiger partial charge on any atom is -0.480 e. The number of carbonyl (C=O) groups is 4. The molecule has 1 saturated carbocycles. The topological polar surface area (TPSA) is 107 Å². The van der Waals surface area contributed by atoms with E-state index in [4.69, 9.17) is 0 Å². The van der Waals surface area contributed by atoms with Gasteiger partial charge in [0.05, 0.1) is 0 Å². The molecule has 24 heavy (non-hydrogen) atoms. The van der Waals surface area contributed by atoms with Crippen molar-refractivity contribution in [3.63, 3.8) is 0 Å². The third kappa shape index (κ3) is 2.53. The summed E-state index contributed by atoms with van der Waals surface area (Å²) in [7, 11) is 0. The van der Waals surface area contributed by atoms with E-state index in [0.717, 1.165) is 30.6 Å². The Kier molecular flexibility index (Phi) is 4.23. The van der Waals surface area contributed by atoms with Crippen LogP contribution in [0.5, 0.6) is 0 Å². The van der Waals surface area contributed by atoms with Gasteiger partial charge in [-0.3, -0.25) is 9.59 Å². The maximum absolute atomic E-state index is 12.8. The van der Waals surface area contributed by atoms with Crippen LogP contribution in [0.1, 0.15) is 51.9 Å². The standard InChI is InChI=1S/C16H23N3O5/c1-10(12(20)18-9-5-2-6-11(18)13(21)22)19-14(23)16(17-15(19)24)7-3-4-8-16/h10-11H,2-9H2,1H3,(H,17,24)(H,21,22). The first-order valence-electron chi connectivity index (χ1n) is 8.56. The van der Waals surface area contributed by atoms with Crippen LogP contribution >= 0.6 is 0 Å². The quantitative estimate of drug-likeness (QED) is 0.738. The molecule has 0 aromatic rings. The molecule has 2 aliphatic heterocycles. The maximum Gasteiger partial charge on any atom is 0.326 e. The Morgan fingerprint density at radius 3 is 2.50 bits per heavy atom. The predicted octanol–water partition coefficient (Wildman–Crippen LogP) is 0.705. The van der Waals surface area contributed by atoms with Crippen molar-refractivity contribution in [2.45, 2.75) is 69.5 Å². The van der Waals surface area contributed by atoms with Crippen LogP contribution in [0.25, 0.3) is 0 Å². The molecule has 2 saturated heterocycles. The second-order valence-electron chi connectivity index (χ2n) is 6.95. The summed E-state index contributed by atoms with van der Waals surface area (Å²) in [5.41, 5.74) is -0.861. The Balaban J connectivity index is 1.79. The zero-order valence-corrected chi connectivity index (χ0v) is 13.8. The smallest absolute Gasteiger partial charge is 0.326 e. The van der Waals surface area contributed by atoms with Crippen molar-refractivity contribution < 1.29 is 24.3 Å².